The van der Waals surface area contributed by atoms with E-state index in [2.05, 4.69) is 6.92 Å². The van der Waals surface area contributed by atoms with Crippen molar-refractivity contribution in [2.75, 3.05) is 27.3 Å². The van der Waals surface area contributed by atoms with E-state index < -0.39 is 0 Å². The molecule has 1 amide bonds. The SMILES string of the molecule is COc1ccc(OC)c(C(=O)N2CCCC(C)C2)c1. The molecule has 1 aliphatic heterocycles. The van der Waals surface area contributed by atoms with E-state index in [1.807, 2.05) is 4.90 Å². The Morgan fingerprint density at radius 2 is 2.11 bits per heavy atom. The molecule has 1 fully saturated rings. The van der Waals surface area contributed by atoms with Gasteiger partial charge < -0.3 is 14.4 Å². The number of amides is 1. The molecule has 104 valence electrons. The summed E-state index contributed by atoms with van der Waals surface area (Å²) in [5.41, 5.74) is 0.580. The second-order valence-corrected chi connectivity index (χ2v) is 5.06. The molecule has 0 spiro atoms. The highest BCUT2D eigenvalue weighted by Gasteiger charge is 2.24. The fraction of sp³-hybridized carbons (Fsp3) is 0.533. The predicted octanol–water partition coefficient (Wildman–Crippen LogP) is 2.58. The maximum Gasteiger partial charge on any atom is 0.257 e. The van der Waals surface area contributed by atoms with E-state index in [0.717, 1.165) is 19.5 Å². The second-order valence-electron chi connectivity index (χ2n) is 5.06. The van der Waals surface area contributed by atoms with Gasteiger partial charge in [-0.3, -0.25) is 4.79 Å². The maximum absolute atomic E-state index is 12.6. The molecule has 0 saturated carbocycles. The van der Waals surface area contributed by atoms with Crippen molar-refractivity contribution in [1.29, 1.82) is 0 Å². The molecule has 1 atom stereocenters. The summed E-state index contributed by atoms with van der Waals surface area (Å²) in [5, 5.41) is 0. The minimum atomic E-state index is 0.0299. The van der Waals surface area contributed by atoms with Crippen LogP contribution in [-0.2, 0) is 0 Å². The van der Waals surface area contributed by atoms with Crippen molar-refractivity contribution < 1.29 is 14.3 Å². The first kappa shape index (κ1) is 13.7. The summed E-state index contributed by atoms with van der Waals surface area (Å²) in [6, 6.07) is 5.33. The summed E-state index contributed by atoms with van der Waals surface area (Å²) in [6.07, 6.45) is 2.26. The van der Waals surface area contributed by atoms with Gasteiger partial charge in [-0.2, -0.15) is 0 Å². The lowest BCUT2D eigenvalue weighted by Gasteiger charge is -2.31. The highest BCUT2D eigenvalue weighted by Crippen LogP contribution is 2.27. The number of likely N-dealkylation sites (tertiary alicyclic amines) is 1. The third-order valence-electron chi connectivity index (χ3n) is 3.58. The van der Waals surface area contributed by atoms with Crippen molar-refractivity contribution >= 4 is 5.91 Å². The highest BCUT2D eigenvalue weighted by atomic mass is 16.5. The number of hydrogen-bond donors (Lipinski definition) is 0. The molecule has 19 heavy (non-hydrogen) atoms. The number of piperidine rings is 1. The van der Waals surface area contributed by atoms with Gasteiger partial charge in [0.25, 0.3) is 5.91 Å². The van der Waals surface area contributed by atoms with Crippen LogP contribution in [0.15, 0.2) is 18.2 Å². The zero-order chi connectivity index (χ0) is 13.8. The van der Waals surface area contributed by atoms with Crippen molar-refractivity contribution in [2.24, 2.45) is 5.92 Å². The highest BCUT2D eigenvalue weighted by molar-refractivity contribution is 5.97. The first-order valence-corrected chi connectivity index (χ1v) is 6.67. The van der Waals surface area contributed by atoms with Crippen LogP contribution in [0.25, 0.3) is 0 Å². The van der Waals surface area contributed by atoms with E-state index in [-0.39, 0.29) is 5.91 Å². The van der Waals surface area contributed by atoms with Gasteiger partial charge in [0.05, 0.1) is 19.8 Å². The smallest absolute Gasteiger partial charge is 0.257 e. The Labute approximate surface area is 114 Å². The molecule has 0 aromatic heterocycles. The van der Waals surface area contributed by atoms with Crippen LogP contribution < -0.4 is 9.47 Å². The number of ether oxygens (including phenoxy) is 2. The molecule has 1 aromatic carbocycles. The van der Waals surface area contributed by atoms with E-state index in [9.17, 15) is 4.79 Å². The Morgan fingerprint density at radius 3 is 2.74 bits per heavy atom. The van der Waals surface area contributed by atoms with E-state index in [1.54, 1.807) is 32.4 Å². The van der Waals surface area contributed by atoms with Crippen LogP contribution >= 0.6 is 0 Å². The molecule has 1 saturated heterocycles. The van der Waals surface area contributed by atoms with Crippen LogP contribution in [0.1, 0.15) is 30.1 Å². The van der Waals surface area contributed by atoms with Crippen LogP contribution in [0.4, 0.5) is 0 Å². The number of carbonyl (C=O) groups is 1. The Kier molecular flexibility index (Phi) is 4.30. The number of rotatable bonds is 3. The first-order chi connectivity index (χ1) is 9.15. The first-order valence-electron chi connectivity index (χ1n) is 6.67. The lowest BCUT2D eigenvalue weighted by atomic mass is 9.99. The lowest BCUT2D eigenvalue weighted by molar-refractivity contribution is 0.0679. The molecule has 1 aliphatic rings. The van der Waals surface area contributed by atoms with Crippen molar-refractivity contribution in [3.8, 4) is 11.5 Å². The van der Waals surface area contributed by atoms with Crippen LogP contribution in [0, 0.1) is 5.92 Å². The molecule has 1 unspecified atom stereocenters. The number of benzene rings is 1. The third-order valence-corrected chi connectivity index (χ3v) is 3.58. The van der Waals surface area contributed by atoms with E-state index in [1.165, 1.54) is 6.42 Å². The summed E-state index contributed by atoms with van der Waals surface area (Å²) in [6.45, 7) is 3.82. The summed E-state index contributed by atoms with van der Waals surface area (Å²) < 4.78 is 10.5. The molecule has 4 nitrogen and oxygen atoms in total. The minimum absolute atomic E-state index is 0.0299. The average Bonchev–Trinajstić information content (AvgIpc) is 2.45. The number of nitrogens with zero attached hydrogens (tertiary/aromatic N) is 1. The topological polar surface area (TPSA) is 38.8 Å². The summed E-state index contributed by atoms with van der Waals surface area (Å²) in [5.74, 6) is 1.87. The summed E-state index contributed by atoms with van der Waals surface area (Å²) >= 11 is 0. The van der Waals surface area contributed by atoms with E-state index in [4.69, 9.17) is 9.47 Å². The molecule has 1 aromatic rings. The Hall–Kier alpha value is -1.71. The van der Waals surface area contributed by atoms with Gasteiger partial charge in [-0.25, -0.2) is 0 Å². The van der Waals surface area contributed by atoms with Gasteiger partial charge in [-0.15, -0.1) is 0 Å². The molecular weight excluding hydrogens is 242 g/mol. The molecule has 4 heteroatoms. The molecule has 1 heterocycles. The lowest BCUT2D eigenvalue weighted by Crippen LogP contribution is -2.39. The molecule has 0 radical (unpaired) electrons. The van der Waals surface area contributed by atoms with Crippen LogP contribution in [0.5, 0.6) is 11.5 Å². The van der Waals surface area contributed by atoms with Gasteiger partial charge in [0, 0.05) is 13.1 Å². The fourth-order valence-corrected chi connectivity index (χ4v) is 2.53. The third kappa shape index (κ3) is 3.00. The largest absolute Gasteiger partial charge is 0.497 e. The summed E-state index contributed by atoms with van der Waals surface area (Å²) in [7, 11) is 3.18. The Morgan fingerprint density at radius 1 is 1.32 bits per heavy atom. The zero-order valence-electron chi connectivity index (χ0n) is 11.8. The maximum atomic E-state index is 12.6. The molecular formula is C15H21NO3. The van der Waals surface area contributed by atoms with Crippen molar-refractivity contribution in [1.82, 2.24) is 4.90 Å². The summed E-state index contributed by atoms with van der Waals surface area (Å²) in [4.78, 5) is 14.5. The standard InChI is InChI=1S/C15H21NO3/c1-11-5-4-8-16(10-11)15(17)13-9-12(18-2)6-7-14(13)19-3/h6-7,9,11H,4-5,8,10H2,1-3H3. The number of carbonyl (C=O) groups excluding carboxylic acids is 1. The second kappa shape index (κ2) is 5.95. The average molecular weight is 263 g/mol. The van der Waals surface area contributed by atoms with Gasteiger partial charge in [-0.05, 0) is 37.0 Å². The van der Waals surface area contributed by atoms with Crippen molar-refractivity contribution in [3.05, 3.63) is 23.8 Å². The van der Waals surface area contributed by atoms with Gasteiger partial charge in [-0.1, -0.05) is 6.92 Å². The molecule has 2 rings (SSSR count). The molecule has 0 aliphatic carbocycles. The Bertz CT molecular complexity index is 459. The zero-order valence-corrected chi connectivity index (χ0v) is 11.8. The number of hydrogen-bond acceptors (Lipinski definition) is 3. The van der Waals surface area contributed by atoms with Crippen LogP contribution in [0.2, 0.25) is 0 Å². The molecule has 0 bridgehead atoms. The van der Waals surface area contributed by atoms with Crippen molar-refractivity contribution in [3.63, 3.8) is 0 Å². The van der Waals surface area contributed by atoms with E-state index in [0.29, 0.717) is 23.0 Å². The molecule has 0 N–H and O–H groups in total. The van der Waals surface area contributed by atoms with Gasteiger partial charge in [0.2, 0.25) is 0 Å². The quantitative estimate of drug-likeness (QED) is 0.841. The van der Waals surface area contributed by atoms with Crippen LogP contribution in [-0.4, -0.2) is 38.1 Å². The fourth-order valence-electron chi connectivity index (χ4n) is 2.53. The monoisotopic (exact) mass is 263 g/mol. The van der Waals surface area contributed by atoms with Gasteiger partial charge in [0.1, 0.15) is 11.5 Å². The van der Waals surface area contributed by atoms with Crippen molar-refractivity contribution in [2.45, 2.75) is 19.8 Å². The Balaban J connectivity index is 2.26. The minimum Gasteiger partial charge on any atom is -0.497 e. The number of methoxy groups -OCH3 is 2. The predicted molar refractivity (Wildman–Crippen MR) is 73.8 cm³/mol. The van der Waals surface area contributed by atoms with Gasteiger partial charge in [0.15, 0.2) is 0 Å². The normalized spacial score (nSPS) is 19.1. The van der Waals surface area contributed by atoms with Gasteiger partial charge >= 0.3 is 0 Å². The van der Waals surface area contributed by atoms with Crippen LogP contribution in [0.3, 0.4) is 0 Å². The van der Waals surface area contributed by atoms with E-state index >= 15 is 0 Å².